The largest absolute Gasteiger partial charge is 0.369 e. The summed E-state index contributed by atoms with van der Waals surface area (Å²) in [6.07, 6.45) is 0.00232. The lowest BCUT2D eigenvalue weighted by Gasteiger charge is -2.24. The molecule has 2 N–H and O–H groups in total. The summed E-state index contributed by atoms with van der Waals surface area (Å²) in [6, 6.07) is 12.8. The van der Waals surface area contributed by atoms with Crippen molar-refractivity contribution in [2.45, 2.75) is 22.0 Å². The van der Waals surface area contributed by atoms with E-state index in [1.807, 2.05) is 0 Å². The minimum Gasteiger partial charge on any atom is -0.369 e. The lowest BCUT2D eigenvalue weighted by Crippen LogP contribution is -2.41. The average Bonchev–Trinajstić information content (AvgIpc) is 2.82. The van der Waals surface area contributed by atoms with Gasteiger partial charge in [-0.2, -0.15) is 0 Å². The van der Waals surface area contributed by atoms with Gasteiger partial charge in [0, 0.05) is 36.0 Å². The zero-order chi connectivity index (χ0) is 20.8. The molecule has 2 saturated heterocycles. The van der Waals surface area contributed by atoms with Gasteiger partial charge in [0.25, 0.3) is 0 Å². The standard InChI is InChI=1S/C20H22N2O2S6/c25-19(15-11-21-7-9-23-15)29-27-17-5-6-18(14-4-2-1-3-13(14)17)28-30-20(26)16-12-22-8-10-24-16/h1-6,15-16,21-22H,7-12H2. The van der Waals surface area contributed by atoms with Crippen LogP contribution in [0.1, 0.15) is 0 Å². The number of ether oxygens (including phenoxy) is 2. The lowest BCUT2D eigenvalue weighted by molar-refractivity contribution is 0.0743. The third-order valence-corrected chi connectivity index (χ3v) is 11.1. The van der Waals surface area contributed by atoms with Crippen LogP contribution in [-0.4, -0.2) is 60.0 Å². The van der Waals surface area contributed by atoms with Crippen molar-refractivity contribution in [1.82, 2.24) is 10.6 Å². The van der Waals surface area contributed by atoms with Crippen molar-refractivity contribution >= 4 is 86.8 Å². The molecule has 2 aromatic carbocycles. The molecule has 2 aliphatic heterocycles. The normalized spacial score (nSPS) is 22.1. The number of thiocarbonyl (C=S) groups is 2. The van der Waals surface area contributed by atoms with Gasteiger partial charge in [0.15, 0.2) is 0 Å². The van der Waals surface area contributed by atoms with Crippen LogP contribution >= 0.6 is 67.6 Å². The fourth-order valence-corrected chi connectivity index (χ4v) is 8.21. The molecule has 2 heterocycles. The summed E-state index contributed by atoms with van der Waals surface area (Å²) in [7, 11) is 6.65. The highest BCUT2D eigenvalue weighted by atomic mass is 33.1. The minimum absolute atomic E-state index is 0.00116. The van der Waals surface area contributed by atoms with Gasteiger partial charge in [-0.15, -0.1) is 0 Å². The molecular weight excluding hydrogens is 493 g/mol. The van der Waals surface area contributed by atoms with Crippen LogP contribution in [0.15, 0.2) is 46.2 Å². The maximum atomic E-state index is 5.77. The summed E-state index contributed by atoms with van der Waals surface area (Å²) < 4.78 is 13.3. The van der Waals surface area contributed by atoms with Gasteiger partial charge in [0.2, 0.25) is 0 Å². The molecule has 2 fully saturated rings. The second kappa shape index (κ2) is 11.8. The van der Waals surface area contributed by atoms with Crippen molar-refractivity contribution in [3.05, 3.63) is 36.4 Å². The molecule has 4 rings (SSSR count). The number of morpholine rings is 2. The van der Waals surface area contributed by atoms with Gasteiger partial charge in [0.05, 0.1) is 21.6 Å². The van der Waals surface area contributed by atoms with Gasteiger partial charge >= 0.3 is 0 Å². The minimum atomic E-state index is 0.00116. The molecule has 0 aromatic heterocycles. The molecule has 2 unspecified atom stereocenters. The van der Waals surface area contributed by atoms with Gasteiger partial charge in [-0.25, -0.2) is 0 Å². The SMILES string of the molecule is S=C(SSc1ccc(SSC(=S)C2CNCCO2)c2ccccc12)C1CNCCO1. The second-order valence-corrected chi connectivity index (χ2v) is 12.5. The van der Waals surface area contributed by atoms with E-state index in [0.717, 1.165) is 34.6 Å². The molecule has 0 radical (unpaired) electrons. The van der Waals surface area contributed by atoms with Crippen LogP contribution in [0.3, 0.4) is 0 Å². The fraction of sp³-hybridized carbons (Fsp3) is 0.400. The number of nitrogens with one attached hydrogen (secondary N) is 2. The van der Waals surface area contributed by atoms with E-state index in [9.17, 15) is 0 Å². The van der Waals surface area contributed by atoms with Gasteiger partial charge in [-0.1, -0.05) is 70.3 Å². The molecule has 0 saturated carbocycles. The molecule has 10 heteroatoms. The first-order valence-corrected chi connectivity index (χ1v) is 14.8. The van der Waals surface area contributed by atoms with E-state index in [0.29, 0.717) is 13.2 Å². The molecule has 2 atom stereocenters. The summed E-state index contributed by atoms with van der Waals surface area (Å²) in [5, 5.41) is 9.13. The van der Waals surface area contributed by atoms with Crippen molar-refractivity contribution in [1.29, 1.82) is 0 Å². The smallest absolute Gasteiger partial charge is 0.112 e. The van der Waals surface area contributed by atoms with Crippen LogP contribution in [0.25, 0.3) is 10.8 Å². The fourth-order valence-electron chi connectivity index (χ4n) is 3.10. The van der Waals surface area contributed by atoms with E-state index >= 15 is 0 Å². The summed E-state index contributed by atoms with van der Waals surface area (Å²) in [5.74, 6) is 0. The number of hydrogen-bond acceptors (Lipinski definition) is 10. The molecule has 2 aromatic rings. The van der Waals surface area contributed by atoms with E-state index in [-0.39, 0.29) is 12.2 Å². The zero-order valence-corrected chi connectivity index (χ0v) is 21.0. The molecule has 0 aliphatic carbocycles. The van der Waals surface area contributed by atoms with Crippen LogP contribution < -0.4 is 10.6 Å². The highest BCUT2D eigenvalue weighted by Gasteiger charge is 2.21. The molecule has 0 bridgehead atoms. The van der Waals surface area contributed by atoms with E-state index in [1.165, 1.54) is 20.6 Å². The summed E-state index contributed by atoms with van der Waals surface area (Å²) in [6.45, 7) is 4.80. The Hall–Kier alpha value is 0.120. The van der Waals surface area contributed by atoms with E-state index in [2.05, 4.69) is 47.0 Å². The van der Waals surface area contributed by atoms with E-state index in [1.54, 1.807) is 43.2 Å². The molecule has 30 heavy (non-hydrogen) atoms. The van der Waals surface area contributed by atoms with Crippen LogP contribution in [0.5, 0.6) is 0 Å². The molecule has 160 valence electrons. The first-order valence-electron chi connectivity index (χ1n) is 9.65. The molecule has 0 amide bonds. The quantitative estimate of drug-likeness (QED) is 0.409. The maximum absolute atomic E-state index is 5.77. The van der Waals surface area contributed by atoms with Crippen molar-refractivity contribution < 1.29 is 9.47 Å². The average molecular weight is 515 g/mol. The highest BCUT2D eigenvalue weighted by molar-refractivity contribution is 8.84. The van der Waals surface area contributed by atoms with E-state index in [4.69, 9.17) is 33.9 Å². The van der Waals surface area contributed by atoms with Crippen LogP contribution in [-0.2, 0) is 9.47 Å². The van der Waals surface area contributed by atoms with Crippen molar-refractivity contribution in [2.24, 2.45) is 0 Å². The predicted molar refractivity (Wildman–Crippen MR) is 141 cm³/mol. The Bertz CT molecular complexity index is 827. The summed E-state index contributed by atoms with van der Waals surface area (Å²) in [4.78, 5) is 2.41. The lowest BCUT2D eigenvalue weighted by atomic mass is 10.1. The van der Waals surface area contributed by atoms with Crippen molar-refractivity contribution in [3.63, 3.8) is 0 Å². The molecule has 4 nitrogen and oxygen atoms in total. The number of rotatable bonds is 6. The maximum Gasteiger partial charge on any atom is 0.112 e. The third kappa shape index (κ3) is 6.12. The van der Waals surface area contributed by atoms with Crippen LogP contribution in [0, 0.1) is 0 Å². The van der Waals surface area contributed by atoms with Gasteiger partial charge in [-0.3, -0.25) is 0 Å². The number of hydrogen-bond donors (Lipinski definition) is 2. The van der Waals surface area contributed by atoms with E-state index < -0.39 is 0 Å². The summed E-state index contributed by atoms with van der Waals surface area (Å²) >= 11 is 11.2. The van der Waals surface area contributed by atoms with Crippen LogP contribution in [0.4, 0.5) is 0 Å². The van der Waals surface area contributed by atoms with Crippen LogP contribution in [0.2, 0.25) is 0 Å². The Morgan fingerprint density at radius 2 is 1.23 bits per heavy atom. The highest BCUT2D eigenvalue weighted by Crippen LogP contribution is 2.43. The predicted octanol–water partition coefficient (Wildman–Crippen LogP) is 4.95. The molecule has 0 spiro atoms. The first kappa shape index (κ1) is 23.3. The first-order chi connectivity index (χ1) is 14.7. The topological polar surface area (TPSA) is 42.5 Å². The third-order valence-electron chi connectivity index (χ3n) is 4.65. The summed E-state index contributed by atoms with van der Waals surface area (Å²) in [5.41, 5.74) is 0. The molecule has 2 aliphatic rings. The Kier molecular flexibility index (Phi) is 9.18. The Morgan fingerprint density at radius 3 is 1.63 bits per heavy atom. The molecular formula is C20H22N2O2S6. The Balaban J connectivity index is 1.42. The van der Waals surface area contributed by atoms with Crippen molar-refractivity contribution in [2.75, 3.05) is 39.4 Å². The van der Waals surface area contributed by atoms with Gasteiger partial charge in [0.1, 0.15) is 12.2 Å². The number of fused-ring (bicyclic) bond motifs is 1. The van der Waals surface area contributed by atoms with Gasteiger partial charge in [-0.05, 0) is 44.5 Å². The van der Waals surface area contributed by atoms with Crippen molar-refractivity contribution in [3.8, 4) is 0 Å². The second-order valence-electron chi connectivity index (χ2n) is 6.71. The Labute approximate surface area is 203 Å². The number of benzene rings is 2. The Morgan fingerprint density at radius 1 is 0.767 bits per heavy atom. The monoisotopic (exact) mass is 514 g/mol. The zero-order valence-electron chi connectivity index (χ0n) is 16.1. The van der Waals surface area contributed by atoms with Gasteiger partial charge < -0.3 is 20.1 Å².